The van der Waals surface area contributed by atoms with Crippen molar-refractivity contribution in [1.82, 2.24) is 5.32 Å². The number of nitrogens with one attached hydrogen (secondary N) is 1. The highest BCUT2D eigenvalue weighted by atomic mass is 35.5. The second-order valence-corrected chi connectivity index (χ2v) is 7.84. The van der Waals surface area contributed by atoms with Crippen LogP contribution in [0.15, 0.2) is 30.3 Å². The molecule has 0 aliphatic heterocycles. The van der Waals surface area contributed by atoms with Gasteiger partial charge in [0.25, 0.3) is 0 Å². The number of thiophene rings is 1. The van der Waals surface area contributed by atoms with Gasteiger partial charge in [0.2, 0.25) is 0 Å². The van der Waals surface area contributed by atoms with Crippen LogP contribution in [0.5, 0.6) is 0 Å². The average molecular weight is 326 g/mol. The number of halogens is 1. The van der Waals surface area contributed by atoms with Crippen molar-refractivity contribution in [1.29, 1.82) is 0 Å². The molecule has 2 rings (SSSR count). The summed E-state index contributed by atoms with van der Waals surface area (Å²) in [6.07, 6.45) is 0. The number of hydrogen-bond acceptors (Lipinski definition) is 3. The van der Waals surface area contributed by atoms with E-state index in [1.165, 1.54) is 21.6 Å². The molecular weight excluding hydrogens is 306 g/mol. The van der Waals surface area contributed by atoms with Crippen LogP contribution in [-0.2, 0) is 12.3 Å². The molecule has 0 aliphatic carbocycles. The first-order valence-corrected chi connectivity index (χ1v) is 9.08. The van der Waals surface area contributed by atoms with Gasteiger partial charge in [-0.2, -0.15) is 11.8 Å². The molecule has 0 amide bonds. The molecule has 1 aromatic carbocycles. The lowest BCUT2D eigenvalue weighted by molar-refractivity contribution is 0.741. The van der Waals surface area contributed by atoms with Crippen LogP contribution < -0.4 is 5.32 Å². The maximum absolute atomic E-state index is 5.90. The van der Waals surface area contributed by atoms with Gasteiger partial charge in [0.15, 0.2) is 0 Å². The van der Waals surface area contributed by atoms with Gasteiger partial charge in [-0.3, -0.25) is 0 Å². The van der Waals surface area contributed by atoms with Crippen LogP contribution in [0.3, 0.4) is 0 Å². The third-order valence-corrected chi connectivity index (χ3v) is 5.16. The largest absolute Gasteiger partial charge is 0.311 e. The summed E-state index contributed by atoms with van der Waals surface area (Å²) in [5.74, 6) is 2.22. The summed E-state index contributed by atoms with van der Waals surface area (Å²) in [6, 6.07) is 10.8. The van der Waals surface area contributed by atoms with E-state index >= 15 is 0 Å². The van der Waals surface area contributed by atoms with Gasteiger partial charge in [0.1, 0.15) is 0 Å². The van der Waals surface area contributed by atoms with Crippen molar-refractivity contribution in [2.24, 2.45) is 0 Å². The quantitative estimate of drug-likeness (QED) is 0.716. The zero-order valence-electron chi connectivity index (χ0n) is 11.9. The summed E-state index contributed by atoms with van der Waals surface area (Å²) in [4.78, 5) is 1.30. The number of hydrogen-bond donors (Lipinski definition) is 1. The summed E-state index contributed by atoms with van der Waals surface area (Å²) in [6.45, 7) is 6.27. The minimum atomic E-state index is 0.867. The molecule has 1 nitrogen and oxygen atoms in total. The lowest BCUT2D eigenvalue weighted by atomic mass is 10.1. The van der Waals surface area contributed by atoms with Crippen LogP contribution in [0.2, 0.25) is 4.34 Å². The van der Waals surface area contributed by atoms with Crippen LogP contribution in [0.1, 0.15) is 21.6 Å². The molecule has 0 unspecified atom stereocenters. The molecule has 0 radical (unpaired) electrons. The summed E-state index contributed by atoms with van der Waals surface area (Å²) >= 11 is 9.53. The molecule has 0 spiro atoms. The first kappa shape index (κ1) is 15.9. The Morgan fingerprint density at radius 3 is 2.55 bits per heavy atom. The number of aryl methyl sites for hydroxylation is 2. The molecule has 1 N–H and O–H groups in total. The zero-order valence-corrected chi connectivity index (χ0v) is 14.3. The Kier molecular flexibility index (Phi) is 6.43. The first-order valence-electron chi connectivity index (χ1n) is 6.73. The van der Waals surface area contributed by atoms with Gasteiger partial charge in [-0.05, 0) is 31.5 Å². The van der Waals surface area contributed by atoms with Crippen molar-refractivity contribution in [3.05, 3.63) is 56.2 Å². The Balaban J connectivity index is 1.61. The fourth-order valence-corrected chi connectivity index (χ4v) is 4.04. The van der Waals surface area contributed by atoms with Gasteiger partial charge in [-0.15, -0.1) is 11.3 Å². The van der Waals surface area contributed by atoms with Crippen molar-refractivity contribution >= 4 is 34.7 Å². The van der Waals surface area contributed by atoms with Gasteiger partial charge >= 0.3 is 0 Å². The monoisotopic (exact) mass is 325 g/mol. The molecule has 0 saturated heterocycles. The average Bonchev–Trinajstić information content (AvgIpc) is 2.78. The van der Waals surface area contributed by atoms with E-state index in [1.807, 2.05) is 17.8 Å². The normalized spacial score (nSPS) is 10.9. The first-order chi connectivity index (χ1) is 9.63. The molecule has 0 fully saturated rings. The summed E-state index contributed by atoms with van der Waals surface area (Å²) in [5.41, 5.74) is 4.14. The summed E-state index contributed by atoms with van der Waals surface area (Å²) < 4.78 is 0.867. The van der Waals surface area contributed by atoms with Gasteiger partial charge < -0.3 is 5.32 Å². The predicted octanol–water partition coefficient (Wildman–Crippen LogP) is 5.04. The van der Waals surface area contributed by atoms with Crippen LogP contribution >= 0.6 is 34.7 Å². The van der Waals surface area contributed by atoms with Crippen molar-refractivity contribution in [3.8, 4) is 0 Å². The van der Waals surface area contributed by atoms with Crippen molar-refractivity contribution in [2.75, 3.05) is 12.3 Å². The third-order valence-electron chi connectivity index (χ3n) is 2.90. The highest BCUT2D eigenvalue weighted by molar-refractivity contribution is 7.98. The maximum Gasteiger partial charge on any atom is 0.0931 e. The fraction of sp³-hybridized carbons (Fsp3) is 0.375. The smallest absolute Gasteiger partial charge is 0.0931 e. The highest BCUT2D eigenvalue weighted by Crippen LogP contribution is 2.21. The Morgan fingerprint density at radius 1 is 1.15 bits per heavy atom. The minimum absolute atomic E-state index is 0.867. The predicted molar refractivity (Wildman–Crippen MR) is 93.1 cm³/mol. The van der Waals surface area contributed by atoms with Crippen molar-refractivity contribution in [3.63, 3.8) is 0 Å². The Bertz CT molecular complexity index is 531. The Hall–Kier alpha value is -0.480. The lowest BCUT2D eigenvalue weighted by Crippen LogP contribution is -2.15. The van der Waals surface area contributed by atoms with Gasteiger partial charge in [0.05, 0.1) is 4.34 Å². The van der Waals surface area contributed by atoms with E-state index in [0.29, 0.717) is 0 Å². The molecule has 4 heteroatoms. The lowest BCUT2D eigenvalue weighted by Gasteiger charge is -2.06. The third kappa shape index (κ3) is 5.49. The molecule has 108 valence electrons. The highest BCUT2D eigenvalue weighted by Gasteiger charge is 1.99. The number of benzene rings is 1. The molecule has 0 atom stereocenters. The van der Waals surface area contributed by atoms with Crippen LogP contribution in [0.25, 0.3) is 0 Å². The Morgan fingerprint density at radius 2 is 1.90 bits per heavy atom. The molecule has 0 aliphatic rings. The molecule has 0 saturated carbocycles. The molecule has 1 heterocycles. The van der Waals surface area contributed by atoms with Crippen LogP contribution in [-0.4, -0.2) is 12.3 Å². The zero-order chi connectivity index (χ0) is 14.4. The van der Waals surface area contributed by atoms with Crippen molar-refractivity contribution in [2.45, 2.75) is 26.1 Å². The van der Waals surface area contributed by atoms with Crippen molar-refractivity contribution < 1.29 is 0 Å². The molecule has 20 heavy (non-hydrogen) atoms. The van der Waals surface area contributed by atoms with E-state index in [2.05, 4.69) is 43.4 Å². The minimum Gasteiger partial charge on any atom is -0.311 e. The molecule has 1 aromatic heterocycles. The van der Waals surface area contributed by atoms with E-state index in [0.717, 1.165) is 28.9 Å². The summed E-state index contributed by atoms with van der Waals surface area (Å²) in [5, 5.41) is 3.45. The van der Waals surface area contributed by atoms with Gasteiger partial charge in [0, 0.05) is 29.5 Å². The van der Waals surface area contributed by atoms with E-state index in [9.17, 15) is 0 Å². The Labute approximate surface area is 134 Å². The second kappa shape index (κ2) is 8.08. The molecule has 0 bridgehead atoms. The van der Waals surface area contributed by atoms with E-state index in [4.69, 9.17) is 11.6 Å². The summed E-state index contributed by atoms with van der Waals surface area (Å²) in [7, 11) is 0. The fourth-order valence-electron chi connectivity index (χ4n) is 2.15. The van der Waals surface area contributed by atoms with Crippen LogP contribution in [0.4, 0.5) is 0 Å². The van der Waals surface area contributed by atoms with E-state index in [1.54, 1.807) is 11.3 Å². The molecular formula is C16H20ClNS2. The second-order valence-electron chi connectivity index (χ2n) is 4.93. The van der Waals surface area contributed by atoms with Gasteiger partial charge in [-0.1, -0.05) is 40.9 Å². The van der Waals surface area contributed by atoms with Crippen LogP contribution in [0, 0.1) is 13.8 Å². The standard InChI is InChI=1S/C16H20ClNS2/c1-12-7-13(2)9-14(8-12)11-19-6-5-18-10-15-3-4-16(17)20-15/h3-4,7-9,18H,5-6,10-11H2,1-2H3. The topological polar surface area (TPSA) is 12.0 Å². The van der Waals surface area contributed by atoms with E-state index in [-0.39, 0.29) is 0 Å². The number of rotatable bonds is 7. The SMILES string of the molecule is Cc1cc(C)cc(CSCCNCc2ccc(Cl)s2)c1. The molecule has 2 aromatic rings. The maximum atomic E-state index is 5.90. The number of thioether (sulfide) groups is 1. The van der Waals surface area contributed by atoms with Gasteiger partial charge in [-0.25, -0.2) is 0 Å². The van der Waals surface area contributed by atoms with E-state index < -0.39 is 0 Å².